The Balaban J connectivity index is 2.83. The van der Waals surface area contributed by atoms with Gasteiger partial charge in [-0.25, -0.2) is 0 Å². The largest absolute Gasteiger partial charge is 0.264 e. The van der Waals surface area contributed by atoms with Crippen molar-refractivity contribution in [2.75, 3.05) is 0 Å². The van der Waals surface area contributed by atoms with Crippen LogP contribution < -0.4 is 0 Å². The molecule has 1 aromatic heterocycles. The van der Waals surface area contributed by atoms with Crippen LogP contribution in [0.3, 0.4) is 0 Å². The first-order valence-corrected chi connectivity index (χ1v) is 2.82. The van der Waals surface area contributed by atoms with Gasteiger partial charge in [0, 0.05) is 12.4 Å². The number of hydrogen-bond donors (Lipinski definition) is 0. The second kappa shape index (κ2) is 2.50. The standard InChI is InChI=1S/C6H8BN/c7-4-6-2-1-3-8-5-6/h1-3,5H,4,7H2. The second-order valence-electron chi connectivity index (χ2n) is 1.71. The van der Waals surface area contributed by atoms with Gasteiger partial charge < -0.3 is 0 Å². The van der Waals surface area contributed by atoms with Gasteiger partial charge in [-0.2, -0.15) is 0 Å². The van der Waals surface area contributed by atoms with E-state index in [9.17, 15) is 0 Å². The van der Waals surface area contributed by atoms with E-state index in [-0.39, 0.29) is 0 Å². The Morgan fingerprint density at radius 1 is 1.62 bits per heavy atom. The molecule has 0 amide bonds. The molecule has 0 bridgehead atoms. The van der Waals surface area contributed by atoms with Crippen LogP contribution in [0, 0.1) is 0 Å². The highest BCUT2D eigenvalue weighted by Gasteiger charge is 1.81. The normalized spacial score (nSPS) is 9.00. The molecular weight excluding hydrogens is 96.9 g/mol. The minimum absolute atomic E-state index is 1.08. The van der Waals surface area contributed by atoms with Gasteiger partial charge in [0.1, 0.15) is 7.85 Å². The highest BCUT2D eigenvalue weighted by Crippen LogP contribution is 1.91. The van der Waals surface area contributed by atoms with E-state index in [0.717, 1.165) is 6.32 Å². The summed E-state index contributed by atoms with van der Waals surface area (Å²) in [5, 5.41) is 0. The third kappa shape index (κ3) is 1.09. The summed E-state index contributed by atoms with van der Waals surface area (Å²) in [6, 6.07) is 4.03. The molecule has 8 heavy (non-hydrogen) atoms. The van der Waals surface area contributed by atoms with Crippen molar-refractivity contribution >= 4 is 7.85 Å². The molecule has 1 nitrogen and oxygen atoms in total. The zero-order valence-corrected chi connectivity index (χ0v) is 4.96. The van der Waals surface area contributed by atoms with Crippen LogP contribution >= 0.6 is 0 Å². The lowest BCUT2D eigenvalue weighted by Crippen LogP contribution is -1.81. The zero-order chi connectivity index (χ0) is 5.82. The average Bonchev–Trinajstić information content (AvgIpc) is 1.90. The molecule has 1 heterocycles. The van der Waals surface area contributed by atoms with Crippen molar-refractivity contribution in [3.8, 4) is 0 Å². The molecule has 0 spiro atoms. The SMILES string of the molecule is BCc1cccnc1. The second-order valence-corrected chi connectivity index (χ2v) is 1.71. The number of nitrogens with zero attached hydrogens (tertiary/aromatic N) is 1. The molecule has 0 fully saturated rings. The number of rotatable bonds is 1. The molecule has 1 rings (SSSR count). The Morgan fingerprint density at radius 2 is 2.50 bits per heavy atom. The van der Waals surface area contributed by atoms with E-state index >= 15 is 0 Å². The van der Waals surface area contributed by atoms with E-state index in [0.29, 0.717) is 0 Å². The van der Waals surface area contributed by atoms with Crippen LogP contribution in [0.2, 0.25) is 0 Å². The van der Waals surface area contributed by atoms with E-state index < -0.39 is 0 Å². The highest BCUT2D eigenvalue weighted by atomic mass is 14.6. The predicted molar refractivity (Wildman–Crippen MR) is 36.5 cm³/mol. The quantitative estimate of drug-likeness (QED) is 0.465. The maximum Gasteiger partial charge on any atom is 0.107 e. The number of aromatic nitrogens is 1. The lowest BCUT2D eigenvalue weighted by atomic mass is 9.99. The molecule has 0 aliphatic carbocycles. The molecule has 0 N–H and O–H groups in total. The van der Waals surface area contributed by atoms with E-state index in [2.05, 4.69) is 18.9 Å². The van der Waals surface area contributed by atoms with Crippen molar-refractivity contribution in [1.29, 1.82) is 0 Å². The van der Waals surface area contributed by atoms with E-state index in [1.54, 1.807) is 6.20 Å². The van der Waals surface area contributed by atoms with Crippen molar-refractivity contribution < 1.29 is 0 Å². The van der Waals surface area contributed by atoms with Crippen LogP contribution in [0.1, 0.15) is 5.56 Å². The molecule has 0 saturated heterocycles. The van der Waals surface area contributed by atoms with Gasteiger partial charge in [-0.1, -0.05) is 12.4 Å². The summed E-state index contributed by atoms with van der Waals surface area (Å²) >= 11 is 0. The smallest absolute Gasteiger partial charge is 0.107 e. The zero-order valence-electron chi connectivity index (χ0n) is 4.96. The monoisotopic (exact) mass is 105 g/mol. The van der Waals surface area contributed by atoms with Crippen LogP contribution in [0.25, 0.3) is 0 Å². The van der Waals surface area contributed by atoms with Gasteiger partial charge in [0.15, 0.2) is 0 Å². The van der Waals surface area contributed by atoms with Gasteiger partial charge in [0.2, 0.25) is 0 Å². The fourth-order valence-electron chi connectivity index (χ4n) is 0.607. The maximum atomic E-state index is 3.96. The summed E-state index contributed by atoms with van der Waals surface area (Å²) < 4.78 is 0. The summed E-state index contributed by atoms with van der Waals surface area (Å²) in [5.41, 5.74) is 1.30. The molecule has 0 radical (unpaired) electrons. The third-order valence-corrected chi connectivity index (χ3v) is 1.13. The molecule has 0 atom stereocenters. The van der Waals surface area contributed by atoms with Crippen molar-refractivity contribution in [2.24, 2.45) is 0 Å². The summed E-state index contributed by atoms with van der Waals surface area (Å²) in [6.07, 6.45) is 4.76. The van der Waals surface area contributed by atoms with Crippen LogP contribution in [0.5, 0.6) is 0 Å². The summed E-state index contributed by atoms with van der Waals surface area (Å²) in [7, 11) is 2.12. The highest BCUT2D eigenvalue weighted by molar-refractivity contribution is 6.08. The maximum absolute atomic E-state index is 3.96. The molecular formula is C6H8BN. The first-order valence-electron chi connectivity index (χ1n) is 2.82. The van der Waals surface area contributed by atoms with Crippen LogP contribution in [0.15, 0.2) is 24.5 Å². The minimum atomic E-state index is 1.08. The van der Waals surface area contributed by atoms with Crippen LogP contribution in [-0.2, 0) is 6.32 Å². The Bertz CT molecular complexity index is 150. The summed E-state index contributed by atoms with van der Waals surface area (Å²) in [5.74, 6) is 0. The minimum Gasteiger partial charge on any atom is -0.264 e. The molecule has 40 valence electrons. The van der Waals surface area contributed by atoms with Gasteiger partial charge >= 0.3 is 0 Å². The van der Waals surface area contributed by atoms with Gasteiger partial charge in [0.25, 0.3) is 0 Å². The molecule has 0 aliphatic heterocycles. The van der Waals surface area contributed by atoms with Gasteiger partial charge in [0.05, 0.1) is 0 Å². The van der Waals surface area contributed by atoms with E-state index in [4.69, 9.17) is 0 Å². The summed E-state index contributed by atoms with van der Waals surface area (Å²) in [6.45, 7) is 0. The fourth-order valence-corrected chi connectivity index (χ4v) is 0.607. The third-order valence-electron chi connectivity index (χ3n) is 1.13. The fraction of sp³-hybridized carbons (Fsp3) is 0.167. The van der Waals surface area contributed by atoms with Crippen molar-refractivity contribution in [1.82, 2.24) is 4.98 Å². The topological polar surface area (TPSA) is 12.9 Å². The number of pyridine rings is 1. The first-order chi connectivity index (χ1) is 3.93. The Kier molecular flexibility index (Phi) is 1.68. The van der Waals surface area contributed by atoms with Crippen molar-refractivity contribution in [2.45, 2.75) is 6.32 Å². The average molecular weight is 105 g/mol. The molecule has 0 aromatic carbocycles. The van der Waals surface area contributed by atoms with Crippen molar-refractivity contribution in [3.63, 3.8) is 0 Å². The van der Waals surface area contributed by atoms with Gasteiger partial charge in [-0.05, 0) is 11.6 Å². The van der Waals surface area contributed by atoms with Crippen LogP contribution in [0.4, 0.5) is 0 Å². The Morgan fingerprint density at radius 3 is 2.88 bits per heavy atom. The van der Waals surface area contributed by atoms with Gasteiger partial charge in [-0.15, -0.1) is 0 Å². The molecule has 0 unspecified atom stereocenters. The molecule has 1 aromatic rings. The Labute approximate surface area is 50.2 Å². The number of hydrogen-bond acceptors (Lipinski definition) is 1. The van der Waals surface area contributed by atoms with Crippen molar-refractivity contribution in [3.05, 3.63) is 30.1 Å². The van der Waals surface area contributed by atoms with Gasteiger partial charge in [-0.3, -0.25) is 4.98 Å². The predicted octanol–water partition coefficient (Wildman–Crippen LogP) is 0.215. The van der Waals surface area contributed by atoms with E-state index in [1.807, 2.05) is 12.3 Å². The van der Waals surface area contributed by atoms with E-state index in [1.165, 1.54) is 5.56 Å². The molecule has 2 heteroatoms. The lowest BCUT2D eigenvalue weighted by Gasteiger charge is -1.88. The summed E-state index contributed by atoms with van der Waals surface area (Å²) in [4.78, 5) is 3.96. The Hall–Kier alpha value is -0.785. The molecule has 0 aliphatic rings. The molecule has 0 saturated carbocycles. The first kappa shape index (κ1) is 5.35. The van der Waals surface area contributed by atoms with Crippen LogP contribution in [-0.4, -0.2) is 12.8 Å². The lowest BCUT2D eigenvalue weighted by molar-refractivity contribution is 1.25.